The Balaban J connectivity index is 1.87. The quantitative estimate of drug-likeness (QED) is 0.499. The Morgan fingerprint density at radius 3 is 2.85 bits per heavy atom. The molecule has 0 fully saturated rings. The third-order valence-electron chi connectivity index (χ3n) is 4.54. The second-order valence-electron chi connectivity index (χ2n) is 6.51. The lowest BCUT2D eigenvalue weighted by atomic mass is 9.95. The van der Waals surface area contributed by atoms with Gasteiger partial charge in [0.25, 0.3) is 0 Å². The molecule has 1 aromatic carbocycles. The number of esters is 1. The summed E-state index contributed by atoms with van der Waals surface area (Å²) in [6.45, 7) is 2.52. The highest BCUT2D eigenvalue weighted by molar-refractivity contribution is 7.14. The molecule has 1 aliphatic rings. The molecule has 0 unspecified atom stereocenters. The topological polar surface area (TPSA) is 46.6 Å². The smallest absolute Gasteiger partial charge is 0.308 e. The number of fused-ring (bicyclic) bond motifs is 1. The van der Waals surface area contributed by atoms with Crippen molar-refractivity contribution in [1.82, 2.24) is 4.90 Å². The van der Waals surface area contributed by atoms with Gasteiger partial charge in [0.1, 0.15) is 5.82 Å². The van der Waals surface area contributed by atoms with Gasteiger partial charge < -0.3 is 4.74 Å². The number of nitrogens with zero attached hydrogens (tertiary/aromatic N) is 1. The Morgan fingerprint density at radius 2 is 2.15 bits per heavy atom. The summed E-state index contributed by atoms with van der Waals surface area (Å²) < 4.78 is 19.6. The number of benzene rings is 1. The van der Waals surface area contributed by atoms with E-state index >= 15 is 0 Å². The van der Waals surface area contributed by atoms with E-state index in [1.54, 1.807) is 18.2 Å². The van der Waals surface area contributed by atoms with Crippen LogP contribution in [0, 0.1) is 5.82 Å². The van der Waals surface area contributed by atoms with Crippen molar-refractivity contribution in [2.45, 2.75) is 38.8 Å². The first kappa shape index (κ1) is 20.0. The van der Waals surface area contributed by atoms with Crippen LogP contribution >= 0.6 is 22.9 Å². The molecule has 1 aromatic heterocycles. The molecule has 0 bridgehead atoms. The SMILES string of the molecule is CC(=O)Oc1cc2c(s1)CCN([C@H](C(=O)CCCCl)c1ccccc1F)C2. The Labute approximate surface area is 166 Å². The standard InChI is InChI=1S/C20H21ClFNO3S/c1-13(24)26-19-11-14-12-23(10-8-18(14)27-19)20(17(25)7-4-9-21)15-5-2-3-6-16(15)22/h2-3,5-6,11,20H,4,7-10,12H2,1H3/t20-/m0/s1. The Bertz CT molecular complexity index is 838. The van der Waals surface area contributed by atoms with E-state index in [0.717, 1.165) is 16.9 Å². The summed E-state index contributed by atoms with van der Waals surface area (Å²) in [6.07, 6.45) is 1.61. The van der Waals surface area contributed by atoms with Crippen molar-refractivity contribution in [3.05, 3.63) is 52.2 Å². The van der Waals surface area contributed by atoms with E-state index in [0.29, 0.717) is 42.4 Å². The van der Waals surface area contributed by atoms with Gasteiger partial charge in [0.2, 0.25) is 0 Å². The lowest BCUT2D eigenvalue weighted by molar-refractivity contribution is -0.131. The number of halogens is 2. The number of hydrogen-bond donors (Lipinski definition) is 0. The molecule has 1 atom stereocenters. The van der Waals surface area contributed by atoms with Crippen molar-refractivity contribution in [1.29, 1.82) is 0 Å². The zero-order valence-corrected chi connectivity index (χ0v) is 16.6. The molecule has 0 spiro atoms. The van der Waals surface area contributed by atoms with E-state index in [-0.39, 0.29) is 17.6 Å². The second-order valence-corrected chi connectivity index (χ2v) is 7.99. The van der Waals surface area contributed by atoms with Crippen LogP contribution < -0.4 is 4.74 Å². The van der Waals surface area contributed by atoms with E-state index in [1.165, 1.54) is 24.3 Å². The van der Waals surface area contributed by atoms with Gasteiger partial charge >= 0.3 is 5.97 Å². The molecular formula is C20H21ClFNO3S. The molecular weight excluding hydrogens is 389 g/mol. The van der Waals surface area contributed by atoms with Crippen LogP contribution in [0.25, 0.3) is 0 Å². The minimum Gasteiger partial charge on any atom is -0.416 e. The number of hydrogen-bond acceptors (Lipinski definition) is 5. The van der Waals surface area contributed by atoms with Crippen LogP contribution in [0.15, 0.2) is 30.3 Å². The molecule has 0 saturated carbocycles. The number of Topliss-reactive ketones (excluding diaryl/α,β-unsaturated/α-hetero) is 1. The first-order valence-corrected chi connectivity index (χ1v) is 10.2. The van der Waals surface area contributed by atoms with Gasteiger partial charge in [0.15, 0.2) is 10.8 Å². The highest BCUT2D eigenvalue weighted by Crippen LogP contribution is 2.37. The van der Waals surface area contributed by atoms with Gasteiger partial charge in [-0.2, -0.15) is 0 Å². The molecule has 1 aliphatic heterocycles. The zero-order valence-electron chi connectivity index (χ0n) is 15.0. The van der Waals surface area contributed by atoms with Crippen LogP contribution in [0.1, 0.15) is 41.8 Å². The van der Waals surface area contributed by atoms with Crippen molar-refractivity contribution >= 4 is 34.7 Å². The molecule has 0 N–H and O–H groups in total. The molecule has 27 heavy (non-hydrogen) atoms. The molecule has 2 heterocycles. The van der Waals surface area contributed by atoms with Crippen molar-refractivity contribution in [2.75, 3.05) is 12.4 Å². The number of rotatable bonds is 7. The van der Waals surface area contributed by atoms with Crippen molar-refractivity contribution in [3.63, 3.8) is 0 Å². The Hall–Kier alpha value is -1.76. The average Bonchev–Trinajstić information content (AvgIpc) is 3.02. The number of carbonyl (C=O) groups excluding carboxylic acids is 2. The van der Waals surface area contributed by atoms with E-state index in [1.807, 2.05) is 11.0 Å². The van der Waals surface area contributed by atoms with Crippen LogP contribution in [0.4, 0.5) is 4.39 Å². The van der Waals surface area contributed by atoms with Crippen molar-refractivity contribution in [3.8, 4) is 5.06 Å². The summed E-state index contributed by atoms with van der Waals surface area (Å²) in [5.41, 5.74) is 1.42. The monoisotopic (exact) mass is 409 g/mol. The molecule has 0 amide bonds. The fourth-order valence-electron chi connectivity index (χ4n) is 3.39. The first-order chi connectivity index (χ1) is 13.0. The van der Waals surface area contributed by atoms with E-state index < -0.39 is 6.04 Å². The summed E-state index contributed by atoms with van der Waals surface area (Å²) in [4.78, 5) is 27.2. The van der Waals surface area contributed by atoms with Crippen LogP contribution in [0.3, 0.4) is 0 Å². The summed E-state index contributed by atoms with van der Waals surface area (Å²) in [6, 6.07) is 7.63. The fraction of sp³-hybridized carbons (Fsp3) is 0.400. The van der Waals surface area contributed by atoms with E-state index in [4.69, 9.17) is 16.3 Å². The fourth-order valence-corrected chi connectivity index (χ4v) is 4.57. The van der Waals surface area contributed by atoms with Gasteiger partial charge in [0, 0.05) is 42.8 Å². The van der Waals surface area contributed by atoms with E-state index in [2.05, 4.69) is 0 Å². The molecule has 3 rings (SSSR count). The predicted octanol–water partition coefficient (Wildman–Crippen LogP) is 4.50. The molecule has 0 radical (unpaired) electrons. The average molecular weight is 410 g/mol. The highest BCUT2D eigenvalue weighted by atomic mass is 35.5. The number of carbonyl (C=O) groups is 2. The molecule has 7 heteroatoms. The number of thiophene rings is 1. The van der Waals surface area contributed by atoms with Gasteiger partial charge in [-0.05, 0) is 30.5 Å². The molecule has 0 saturated heterocycles. The maximum absolute atomic E-state index is 14.5. The largest absolute Gasteiger partial charge is 0.416 e. The van der Waals surface area contributed by atoms with Gasteiger partial charge in [-0.15, -0.1) is 22.9 Å². The lowest BCUT2D eigenvalue weighted by Crippen LogP contribution is -2.38. The number of alkyl halides is 1. The minimum absolute atomic E-state index is 0.0281. The van der Waals surface area contributed by atoms with Crippen molar-refractivity contribution < 1.29 is 18.7 Å². The zero-order chi connectivity index (χ0) is 19.4. The predicted molar refractivity (Wildman–Crippen MR) is 104 cm³/mol. The molecule has 2 aromatic rings. The third kappa shape index (κ3) is 4.75. The van der Waals surface area contributed by atoms with Gasteiger partial charge in [-0.25, -0.2) is 4.39 Å². The summed E-state index contributed by atoms with van der Waals surface area (Å²) >= 11 is 7.20. The maximum atomic E-state index is 14.5. The molecule has 4 nitrogen and oxygen atoms in total. The Morgan fingerprint density at radius 1 is 1.37 bits per heavy atom. The van der Waals surface area contributed by atoms with Crippen LogP contribution in [0.5, 0.6) is 5.06 Å². The number of ether oxygens (including phenoxy) is 1. The highest BCUT2D eigenvalue weighted by Gasteiger charge is 2.32. The summed E-state index contributed by atoms with van der Waals surface area (Å²) in [5.74, 6) is -0.361. The third-order valence-corrected chi connectivity index (χ3v) is 5.93. The van der Waals surface area contributed by atoms with Gasteiger partial charge in [-0.1, -0.05) is 18.2 Å². The van der Waals surface area contributed by atoms with Gasteiger partial charge in [-0.3, -0.25) is 14.5 Å². The first-order valence-electron chi connectivity index (χ1n) is 8.86. The summed E-state index contributed by atoms with van der Waals surface area (Å²) in [5, 5.41) is 0.560. The normalized spacial score (nSPS) is 15.2. The molecule has 144 valence electrons. The summed E-state index contributed by atoms with van der Waals surface area (Å²) in [7, 11) is 0. The van der Waals surface area contributed by atoms with Crippen LogP contribution in [0.2, 0.25) is 0 Å². The minimum atomic E-state index is -0.639. The number of ketones is 1. The van der Waals surface area contributed by atoms with E-state index in [9.17, 15) is 14.0 Å². The second kappa shape index (κ2) is 8.95. The lowest BCUT2D eigenvalue weighted by Gasteiger charge is -2.34. The maximum Gasteiger partial charge on any atom is 0.308 e. The van der Waals surface area contributed by atoms with Crippen molar-refractivity contribution in [2.24, 2.45) is 0 Å². The van der Waals surface area contributed by atoms with Crippen LogP contribution in [-0.4, -0.2) is 29.1 Å². The van der Waals surface area contributed by atoms with Crippen LogP contribution in [-0.2, 0) is 22.6 Å². The Kier molecular flexibility index (Phi) is 6.63. The van der Waals surface area contributed by atoms with Gasteiger partial charge in [0.05, 0.1) is 6.04 Å². The molecule has 0 aliphatic carbocycles.